The molecule has 4 heterocycles. The van der Waals surface area contributed by atoms with Gasteiger partial charge in [-0.05, 0) is 66.7 Å². The quantitative estimate of drug-likeness (QED) is 0.213. The molecule has 0 spiro atoms. The van der Waals surface area contributed by atoms with Crippen LogP contribution < -0.4 is 25.4 Å². The van der Waals surface area contributed by atoms with Gasteiger partial charge in [-0.3, -0.25) is 38.5 Å². The van der Waals surface area contributed by atoms with Crippen LogP contribution in [-0.4, -0.2) is 83.5 Å². The summed E-state index contributed by atoms with van der Waals surface area (Å²) in [6.45, 7) is -0.480. The second-order valence-electron chi connectivity index (χ2n) is 12.7. The lowest BCUT2D eigenvalue weighted by Crippen LogP contribution is -2.44. The molecule has 3 aliphatic rings. The van der Waals surface area contributed by atoms with Crippen LogP contribution in [0.3, 0.4) is 0 Å². The van der Waals surface area contributed by atoms with Gasteiger partial charge < -0.3 is 10.4 Å². The fourth-order valence-electron chi connectivity index (χ4n) is 7.03. The maximum atomic E-state index is 15.6. The first kappa shape index (κ1) is 33.2. The lowest BCUT2D eigenvalue weighted by Gasteiger charge is -2.34. The van der Waals surface area contributed by atoms with Gasteiger partial charge in [-0.25, -0.2) is 22.6 Å². The number of carbonyl (C=O) groups excluding carboxylic acids is 4. The van der Waals surface area contributed by atoms with Crippen LogP contribution in [0.15, 0.2) is 47.3 Å². The fraction of sp³-hybridized carbons (Fsp3) is 0.344. The van der Waals surface area contributed by atoms with Crippen LogP contribution in [0, 0.1) is 5.82 Å². The molecule has 7 rings (SSSR count). The van der Waals surface area contributed by atoms with Gasteiger partial charge in [0.15, 0.2) is 5.82 Å². The second-order valence-corrected chi connectivity index (χ2v) is 14.2. The molecule has 3 aromatic carbocycles. The van der Waals surface area contributed by atoms with E-state index in [1.54, 1.807) is 34.9 Å². The van der Waals surface area contributed by atoms with Crippen molar-refractivity contribution in [2.45, 2.75) is 37.4 Å². The summed E-state index contributed by atoms with van der Waals surface area (Å²) in [5, 5.41) is 15.5. The zero-order chi connectivity index (χ0) is 35.6. The number of aromatic hydroxyl groups is 1. The van der Waals surface area contributed by atoms with Gasteiger partial charge in [0.25, 0.3) is 5.91 Å². The number of imide groups is 1. The number of imidazole rings is 1. The van der Waals surface area contributed by atoms with E-state index in [4.69, 9.17) is 0 Å². The van der Waals surface area contributed by atoms with Crippen LogP contribution in [0.25, 0.3) is 21.8 Å². The molecule has 18 heteroatoms. The van der Waals surface area contributed by atoms with Crippen LogP contribution in [-0.2, 0) is 36.4 Å². The Morgan fingerprint density at radius 1 is 1.04 bits per heavy atom. The zero-order valence-electron chi connectivity index (χ0n) is 26.5. The maximum Gasteiger partial charge on any atom is 0.329 e. The number of nitrogens with zero attached hydrogens (tertiary/aromatic N) is 4. The molecule has 0 aliphatic carbocycles. The van der Waals surface area contributed by atoms with E-state index in [1.807, 2.05) is 0 Å². The number of phenolic OH excluding ortho intramolecular Hbond substituents is 1. The molecular weight excluding hydrogens is 680 g/mol. The molecule has 3 fully saturated rings. The number of hydrogen-bond acceptors (Lipinski definition) is 9. The molecule has 4 aromatic rings. The number of alkyl halides is 1. The number of amides is 4. The fourth-order valence-corrected chi connectivity index (χ4v) is 8.19. The van der Waals surface area contributed by atoms with Gasteiger partial charge in [-0.1, -0.05) is 6.07 Å². The van der Waals surface area contributed by atoms with Gasteiger partial charge in [0.05, 0.1) is 17.6 Å². The first-order chi connectivity index (χ1) is 23.7. The van der Waals surface area contributed by atoms with Crippen molar-refractivity contribution in [2.75, 3.05) is 35.8 Å². The Hall–Kier alpha value is -5.36. The highest BCUT2D eigenvalue weighted by atomic mass is 32.2. The van der Waals surface area contributed by atoms with Gasteiger partial charge in [-0.2, -0.15) is 8.42 Å². The topological polar surface area (TPSA) is 192 Å². The van der Waals surface area contributed by atoms with Crippen LogP contribution in [0.2, 0.25) is 0 Å². The Labute approximate surface area is 282 Å². The Morgan fingerprint density at radius 2 is 1.82 bits per heavy atom. The number of nitrogens with one attached hydrogen (secondary N) is 3. The van der Waals surface area contributed by atoms with Crippen molar-refractivity contribution >= 4 is 67.0 Å². The van der Waals surface area contributed by atoms with Crippen LogP contribution >= 0.6 is 0 Å². The van der Waals surface area contributed by atoms with Crippen LogP contribution in [0.4, 0.5) is 20.2 Å². The van der Waals surface area contributed by atoms with E-state index in [2.05, 4.69) is 10.6 Å². The summed E-state index contributed by atoms with van der Waals surface area (Å²) >= 11 is 0. The molecule has 0 bridgehead atoms. The number of halogens is 2. The van der Waals surface area contributed by atoms with E-state index in [0.29, 0.717) is 33.9 Å². The van der Waals surface area contributed by atoms with E-state index in [1.165, 1.54) is 27.3 Å². The van der Waals surface area contributed by atoms with Crippen LogP contribution in [0.5, 0.6) is 5.75 Å². The minimum Gasteiger partial charge on any atom is -0.506 e. The standard InChI is InChI=1S/C32H31F2N7O8S/c1-38-24-11-16(2-5-22(24)41(32(38)47)23-6-7-26(43)36-31(23)46)19-8-9-39(13-21(19)33)14-27(44)35-18-3-4-20-17(10-18)12-25(42)30(29(20)34)40-15-28(45)37-50(40,48)49/h2-5,10-12,19,21,23,42H,6-9,13-15H2,1H3,(H,35,44)(H,37,45)(H,36,43,46). The van der Waals surface area contributed by atoms with E-state index in [0.717, 1.165) is 6.07 Å². The first-order valence-corrected chi connectivity index (χ1v) is 17.1. The number of benzene rings is 3. The summed E-state index contributed by atoms with van der Waals surface area (Å²) in [5.74, 6) is -4.57. The highest BCUT2D eigenvalue weighted by molar-refractivity contribution is 7.92. The van der Waals surface area contributed by atoms with Crippen molar-refractivity contribution in [3.63, 3.8) is 0 Å². The van der Waals surface area contributed by atoms with Crippen molar-refractivity contribution in [3.8, 4) is 5.75 Å². The van der Waals surface area contributed by atoms with E-state index >= 15 is 8.78 Å². The average molecular weight is 712 g/mol. The first-order valence-electron chi connectivity index (χ1n) is 15.7. The van der Waals surface area contributed by atoms with Crippen LogP contribution in [0.1, 0.15) is 36.8 Å². The number of aryl methyl sites for hydroxylation is 1. The maximum absolute atomic E-state index is 15.6. The Bertz CT molecular complexity index is 2310. The summed E-state index contributed by atoms with van der Waals surface area (Å²) in [6.07, 6.45) is -0.646. The van der Waals surface area contributed by atoms with Gasteiger partial charge in [0, 0.05) is 37.0 Å². The van der Waals surface area contributed by atoms with Crippen molar-refractivity contribution in [1.29, 1.82) is 0 Å². The predicted octanol–water partition coefficient (Wildman–Crippen LogP) is 1.26. The molecule has 0 saturated carbocycles. The molecule has 4 amide bonds. The largest absolute Gasteiger partial charge is 0.506 e. The van der Waals surface area contributed by atoms with Gasteiger partial charge >= 0.3 is 15.9 Å². The van der Waals surface area contributed by atoms with E-state index in [9.17, 15) is 37.5 Å². The highest BCUT2D eigenvalue weighted by Crippen LogP contribution is 2.39. The molecule has 1 aromatic heterocycles. The molecule has 3 unspecified atom stereocenters. The summed E-state index contributed by atoms with van der Waals surface area (Å²) in [6, 6.07) is 9.53. The van der Waals surface area contributed by atoms with Crippen molar-refractivity contribution in [1.82, 2.24) is 24.1 Å². The Balaban J connectivity index is 1.02. The third kappa shape index (κ3) is 5.73. The number of phenols is 1. The van der Waals surface area contributed by atoms with Crippen molar-refractivity contribution in [3.05, 3.63) is 64.3 Å². The number of likely N-dealkylation sites (tertiary alicyclic amines) is 1. The van der Waals surface area contributed by atoms with E-state index < -0.39 is 75.6 Å². The summed E-state index contributed by atoms with van der Waals surface area (Å²) in [5.41, 5.74) is 0.862. The van der Waals surface area contributed by atoms with Gasteiger partial charge in [0.1, 0.15) is 30.2 Å². The Kier molecular flexibility index (Phi) is 8.09. The minimum atomic E-state index is -4.37. The number of piperidine rings is 2. The minimum absolute atomic E-state index is 0.0390. The summed E-state index contributed by atoms with van der Waals surface area (Å²) in [7, 11) is -2.80. The van der Waals surface area contributed by atoms with Gasteiger partial charge in [-0.15, -0.1) is 0 Å². The molecule has 50 heavy (non-hydrogen) atoms. The third-order valence-corrected chi connectivity index (χ3v) is 10.8. The number of anilines is 2. The molecule has 3 saturated heterocycles. The number of hydrogen-bond donors (Lipinski definition) is 4. The number of aromatic nitrogens is 2. The smallest absolute Gasteiger partial charge is 0.329 e. The molecule has 3 aliphatic heterocycles. The van der Waals surface area contributed by atoms with Crippen molar-refractivity contribution in [2.24, 2.45) is 7.05 Å². The summed E-state index contributed by atoms with van der Waals surface area (Å²) < 4.78 is 60.4. The molecule has 0 radical (unpaired) electrons. The highest BCUT2D eigenvalue weighted by Gasteiger charge is 2.38. The normalized spacial score (nSPS) is 22.6. The molecule has 3 atom stereocenters. The molecule has 262 valence electrons. The van der Waals surface area contributed by atoms with Gasteiger partial charge in [0.2, 0.25) is 17.7 Å². The molecule has 15 nitrogen and oxygen atoms in total. The number of fused-ring (bicyclic) bond motifs is 2. The lowest BCUT2D eigenvalue weighted by atomic mass is 9.87. The third-order valence-electron chi connectivity index (χ3n) is 9.44. The SMILES string of the molecule is Cn1c(=O)n(C2CCC(=O)NC2=O)c2ccc(C3CCN(CC(=O)Nc4ccc5c(F)c(N6CC(=O)NS6(=O)=O)c(O)cc5c4)CC3F)cc21. The average Bonchev–Trinajstić information content (AvgIpc) is 3.45. The predicted molar refractivity (Wildman–Crippen MR) is 176 cm³/mol. The number of carbonyl (C=O) groups is 4. The molecular formula is C32H31F2N7O8S. The lowest BCUT2D eigenvalue weighted by molar-refractivity contribution is -0.135. The summed E-state index contributed by atoms with van der Waals surface area (Å²) in [4.78, 5) is 63.4. The van der Waals surface area contributed by atoms with E-state index in [-0.39, 0.29) is 48.3 Å². The monoisotopic (exact) mass is 711 g/mol. The zero-order valence-corrected chi connectivity index (χ0v) is 27.3. The Morgan fingerprint density at radius 3 is 2.52 bits per heavy atom. The second kappa shape index (κ2) is 12.2. The van der Waals surface area contributed by atoms with Crippen molar-refractivity contribution < 1.29 is 41.5 Å². The molecule has 4 N–H and O–H groups in total. The number of rotatable bonds is 6.